The number of nitrogen functional groups attached to an aromatic ring is 1. The molecule has 1 aliphatic carbocycles. The maximum atomic E-state index is 13.8. The second-order valence-electron chi connectivity index (χ2n) is 9.24. The van der Waals surface area contributed by atoms with Crippen molar-refractivity contribution >= 4 is 33.1 Å². The molecule has 1 amide bonds. The highest BCUT2D eigenvalue weighted by Gasteiger charge is 2.38. The molecule has 8 nitrogen and oxygen atoms in total. The van der Waals surface area contributed by atoms with E-state index in [2.05, 4.69) is 5.32 Å². The number of benzene rings is 2. The third-order valence-corrected chi connectivity index (χ3v) is 8.38. The van der Waals surface area contributed by atoms with Gasteiger partial charge in [-0.3, -0.25) is 15.0 Å². The van der Waals surface area contributed by atoms with Gasteiger partial charge in [-0.2, -0.15) is 0 Å². The summed E-state index contributed by atoms with van der Waals surface area (Å²) in [7, 11) is -3.76. The molecule has 36 heavy (non-hydrogen) atoms. The average Bonchev–Trinajstić information content (AvgIpc) is 3.13. The molecule has 1 aliphatic heterocycles. The predicted molar refractivity (Wildman–Crippen MR) is 137 cm³/mol. The summed E-state index contributed by atoms with van der Waals surface area (Å²) >= 11 is 0. The summed E-state index contributed by atoms with van der Waals surface area (Å²) in [6, 6.07) is 13.5. The third-order valence-electron chi connectivity index (χ3n) is 6.85. The van der Waals surface area contributed by atoms with Crippen molar-refractivity contribution in [2.75, 3.05) is 6.61 Å². The van der Waals surface area contributed by atoms with E-state index >= 15 is 0 Å². The number of sulfone groups is 1. The number of carbonyl (C=O) groups excluding carboxylic acids is 2. The van der Waals surface area contributed by atoms with E-state index in [0.29, 0.717) is 29.5 Å². The summed E-state index contributed by atoms with van der Waals surface area (Å²) in [6.45, 7) is 2.02. The van der Waals surface area contributed by atoms with Crippen LogP contribution >= 0.6 is 0 Å². The fourth-order valence-corrected chi connectivity index (χ4v) is 6.54. The third kappa shape index (κ3) is 5.36. The highest BCUT2D eigenvalue weighted by molar-refractivity contribution is 7.95. The topological polar surface area (TPSA) is 139 Å². The summed E-state index contributed by atoms with van der Waals surface area (Å²) < 4.78 is 31.2. The van der Waals surface area contributed by atoms with E-state index in [9.17, 15) is 18.0 Å². The molecule has 0 spiro atoms. The Kier molecular flexibility index (Phi) is 7.59. The number of fused-ring (bicyclic) bond motifs is 1. The van der Waals surface area contributed by atoms with Crippen molar-refractivity contribution in [1.82, 2.24) is 5.32 Å². The normalized spacial score (nSPS) is 21.1. The van der Waals surface area contributed by atoms with E-state index in [0.717, 1.165) is 23.8 Å². The van der Waals surface area contributed by atoms with Crippen LogP contribution in [0.25, 0.3) is 5.57 Å². The van der Waals surface area contributed by atoms with Crippen LogP contribution in [0.2, 0.25) is 0 Å². The Balaban J connectivity index is 1.71. The van der Waals surface area contributed by atoms with Gasteiger partial charge in [0.1, 0.15) is 5.84 Å². The molecule has 1 fully saturated rings. The second-order valence-corrected chi connectivity index (χ2v) is 11.0. The van der Waals surface area contributed by atoms with E-state index in [-0.39, 0.29) is 41.7 Å². The molecule has 2 aromatic carbocycles. The van der Waals surface area contributed by atoms with Crippen LogP contribution in [-0.2, 0) is 30.6 Å². The van der Waals surface area contributed by atoms with Crippen molar-refractivity contribution in [2.24, 2.45) is 17.6 Å². The zero-order valence-electron chi connectivity index (χ0n) is 20.2. The highest BCUT2D eigenvalue weighted by Crippen LogP contribution is 2.40. The summed E-state index contributed by atoms with van der Waals surface area (Å²) in [6.07, 6.45) is 3.32. The Morgan fingerprint density at radius 3 is 2.56 bits per heavy atom. The molecule has 3 atom stereocenters. The number of esters is 1. The summed E-state index contributed by atoms with van der Waals surface area (Å²) in [5.74, 6) is -2.11. The van der Waals surface area contributed by atoms with Crippen molar-refractivity contribution < 1.29 is 22.7 Å². The summed E-state index contributed by atoms with van der Waals surface area (Å²) in [5.41, 5.74) is 7.65. The number of hydrogen-bond acceptors (Lipinski definition) is 6. The van der Waals surface area contributed by atoms with Crippen LogP contribution in [0.5, 0.6) is 0 Å². The number of nitrogens with one attached hydrogen (secondary N) is 2. The van der Waals surface area contributed by atoms with Crippen LogP contribution in [0.3, 0.4) is 0 Å². The standard InChI is InChI=1S/C27H31N3O5S/c1-2-35-27(32)19-10-6-7-11-23(19)30-26(31)21(14-17-8-4-3-5-9-17)22-16-36(33,34)24-13-12-18(25(28)29)15-20(22)24/h3-5,8-9,12-13,15-16,19,21,23H,2,6-7,10-11,14H2,1H3,(H3,28,29)(H,30,31)/t19-,21?,23?/m1/s1. The molecule has 0 saturated heterocycles. The fraction of sp³-hybridized carbons (Fsp3) is 0.370. The van der Waals surface area contributed by atoms with E-state index in [1.807, 2.05) is 30.3 Å². The van der Waals surface area contributed by atoms with Gasteiger partial charge < -0.3 is 15.8 Å². The zero-order valence-corrected chi connectivity index (χ0v) is 21.0. The molecule has 9 heteroatoms. The van der Waals surface area contributed by atoms with Crippen LogP contribution in [0.15, 0.2) is 58.8 Å². The first kappa shape index (κ1) is 25.6. The lowest BCUT2D eigenvalue weighted by Crippen LogP contribution is -2.48. The molecule has 2 unspecified atom stereocenters. The Morgan fingerprint density at radius 1 is 1.14 bits per heavy atom. The number of amides is 1. The minimum atomic E-state index is -3.76. The lowest BCUT2D eigenvalue weighted by molar-refractivity contribution is -0.150. The minimum Gasteiger partial charge on any atom is -0.466 e. The maximum absolute atomic E-state index is 13.8. The molecule has 2 aromatic rings. The van der Waals surface area contributed by atoms with E-state index < -0.39 is 21.7 Å². The van der Waals surface area contributed by atoms with Crippen LogP contribution in [0.4, 0.5) is 0 Å². The molecular weight excluding hydrogens is 478 g/mol. The molecule has 1 heterocycles. The molecule has 0 bridgehead atoms. The molecule has 190 valence electrons. The van der Waals surface area contributed by atoms with Crippen molar-refractivity contribution in [3.05, 3.63) is 70.6 Å². The van der Waals surface area contributed by atoms with Crippen LogP contribution in [0.1, 0.15) is 49.3 Å². The fourth-order valence-electron chi connectivity index (χ4n) is 5.05. The second kappa shape index (κ2) is 10.7. The first-order valence-electron chi connectivity index (χ1n) is 12.2. The number of amidine groups is 1. The molecular formula is C27H31N3O5S. The van der Waals surface area contributed by atoms with Gasteiger partial charge in [-0.1, -0.05) is 43.2 Å². The van der Waals surface area contributed by atoms with Crippen LogP contribution in [0, 0.1) is 17.2 Å². The predicted octanol–water partition coefficient (Wildman–Crippen LogP) is 3.20. The van der Waals surface area contributed by atoms with Gasteiger partial charge >= 0.3 is 5.97 Å². The van der Waals surface area contributed by atoms with Gasteiger partial charge in [0.2, 0.25) is 15.7 Å². The monoisotopic (exact) mass is 509 g/mol. The van der Waals surface area contributed by atoms with Crippen LogP contribution < -0.4 is 11.1 Å². The number of ether oxygens (including phenoxy) is 1. The lowest BCUT2D eigenvalue weighted by Gasteiger charge is -2.32. The van der Waals surface area contributed by atoms with Gasteiger partial charge in [-0.25, -0.2) is 8.42 Å². The zero-order chi connectivity index (χ0) is 25.9. The largest absolute Gasteiger partial charge is 0.466 e. The maximum Gasteiger partial charge on any atom is 0.311 e. The quantitative estimate of drug-likeness (QED) is 0.284. The smallest absolute Gasteiger partial charge is 0.311 e. The van der Waals surface area contributed by atoms with E-state index in [1.54, 1.807) is 13.0 Å². The van der Waals surface area contributed by atoms with E-state index in [1.165, 1.54) is 12.1 Å². The molecule has 0 radical (unpaired) electrons. The summed E-state index contributed by atoms with van der Waals surface area (Å²) in [4.78, 5) is 26.5. The van der Waals surface area contributed by atoms with Crippen LogP contribution in [-0.4, -0.2) is 38.8 Å². The van der Waals surface area contributed by atoms with Crippen molar-refractivity contribution in [2.45, 2.75) is 50.0 Å². The number of rotatable bonds is 8. The van der Waals surface area contributed by atoms with Gasteiger partial charge in [0.25, 0.3) is 0 Å². The molecule has 2 aliphatic rings. The van der Waals surface area contributed by atoms with Crippen molar-refractivity contribution in [3.8, 4) is 0 Å². The van der Waals surface area contributed by atoms with Crippen molar-refractivity contribution in [3.63, 3.8) is 0 Å². The first-order chi connectivity index (χ1) is 17.2. The Morgan fingerprint density at radius 2 is 1.86 bits per heavy atom. The highest BCUT2D eigenvalue weighted by atomic mass is 32.2. The minimum absolute atomic E-state index is 0.0930. The number of hydrogen-bond donors (Lipinski definition) is 3. The molecule has 4 N–H and O–H groups in total. The van der Waals surface area contributed by atoms with Gasteiger partial charge in [0, 0.05) is 17.0 Å². The van der Waals surface area contributed by atoms with E-state index in [4.69, 9.17) is 15.9 Å². The molecule has 1 saturated carbocycles. The average molecular weight is 510 g/mol. The Hall–Kier alpha value is -3.46. The molecule has 0 aromatic heterocycles. The lowest BCUT2D eigenvalue weighted by atomic mass is 9.82. The molecule has 4 rings (SSSR count). The number of nitrogens with two attached hydrogens (primary N) is 1. The van der Waals surface area contributed by atoms with Crippen molar-refractivity contribution in [1.29, 1.82) is 5.41 Å². The Labute approximate surface area is 211 Å². The first-order valence-corrected chi connectivity index (χ1v) is 13.7. The van der Waals surface area contributed by atoms with Gasteiger partial charge in [0.05, 0.1) is 23.3 Å². The van der Waals surface area contributed by atoms with Gasteiger partial charge in [-0.05, 0) is 61.1 Å². The van der Waals surface area contributed by atoms with Gasteiger partial charge in [-0.15, -0.1) is 0 Å². The Bertz CT molecular complexity index is 1300. The number of carbonyl (C=O) groups is 2. The van der Waals surface area contributed by atoms with Gasteiger partial charge in [0.15, 0.2) is 0 Å². The summed E-state index contributed by atoms with van der Waals surface area (Å²) in [5, 5.41) is 12.0. The SMILES string of the molecule is CCOC(=O)[C@@H]1CCCCC1NC(=O)C(Cc1ccccc1)C1=CS(=O)(=O)c2ccc(C(=N)N)cc21.